The third-order valence-corrected chi connectivity index (χ3v) is 4.23. The number of esters is 1. The van der Waals surface area contributed by atoms with Crippen molar-refractivity contribution in [1.29, 1.82) is 0 Å². The number of fused-ring (bicyclic) bond motifs is 1. The van der Waals surface area contributed by atoms with E-state index in [-0.39, 0.29) is 18.9 Å². The normalized spacial score (nSPS) is 12.2. The lowest BCUT2D eigenvalue weighted by Gasteiger charge is -2.09. The summed E-state index contributed by atoms with van der Waals surface area (Å²) in [5, 5.41) is 7.93. The Morgan fingerprint density at radius 2 is 1.82 bits per heavy atom. The minimum atomic E-state index is -0.699. The summed E-state index contributed by atoms with van der Waals surface area (Å²) < 4.78 is 17.5. The molecule has 8 heteroatoms. The van der Waals surface area contributed by atoms with Crippen molar-refractivity contribution in [2.45, 2.75) is 26.0 Å². The average molecular weight is 379 g/mol. The summed E-state index contributed by atoms with van der Waals surface area (Å²) in [5.74, 6) is -0.427. The molecule has 0 amide bonds. The molecule has 0 bridgehead atoms. The molecule has 0 aliphatic rings. The topological polar surface area (TPSA) is 100 Å². The first-order valence-electron chi connectivity index (χ1n) is 8.78. The molecule has 0 saturated heterocycles. The second-order valence-corrected chi connectivity index (χ2v) is 6.18. The van der Waals surface area contributed by atoms with Gasteiger partial charge in [-0.1, -0.05) is 30.3 Å². The minimum Gasteiger partial charge on any atom is -0.453 e. The first kappa shape index (κ1) is 17.7. The van der Waals surface area contributed by atoms with Crippen molar-refractivity contribution >= 4 is 17.1 Å². The van der Waals surface area contributed by atoms with Crippen LogP contribution in [-0.2, 0) is 16.1 Å². The van der Waals surface area contributed by atoms with Gasteiger partial charge in [-0.3, -0.25) is 9.36 Å². The second-order valence-electron chi connectivity index (χ2n) is 6.18. The van der Waals surface area contributed by atoms with Crippen molar-refractivity contribution in [2.75, 3.05) is 0 Å². The Bertz CT molecular complexity index is 1160. The zero-order valence-corrected chi connectivity index (χ0v) is 15.1. The molecular weight excluding hydrogens is 362 g/mol. The SMILES string of the molecule is C[C@@H](OC(=O)CCn1c(=O)oc2ccccc21)c1nnc(-c2ccccc2)o1. The number of hydrogen-bond donors (Lipinski definition) is 0. The molecule has 0 spiro atoms. The molecular formula is C20H17N3O5. The molecule has 0 saturated carbocycles. The number of aromatic nitrogens is 3. The number of rotatable bonds is 6. The van der Waals surface area contributed by atoms with Crippen LogP contribution in [-0.4, -0.2) is 20.7 Å². The van der Waals surface area contributed by atoms with E-state index in [0.29, 0.717) is 17.0 Å². The number of nitrogens with zero attached hydrogens (tertiary/aromatic N) is 3. The maximum Gasteiger partial charge on any atom is 0.419 e. The summed E-state index contributed by atoms with van der Waals surface area (Å²) in [6.07, 6.45) is -0.691. The number of ether oxygens (including phenoxy) is 1. The molecule has 8 nitrogen and oxygen atoms in total. The average Bonchev–Trinajstić information content (AvgIpc) is 3.31. The fourth-order valence-electron chi connectivity index (χ4n) is 2.83. The lowest BCUT2D eigenvalue weighted by atomic mass is 10.2. The number of oxazole rings is 1. The maximum atomic E-state index is 12.2. The van der Waals surface area contributed by atoms with Crippen LogP contribution in [0.25, 0.3) is 22.6 Å². The van der Waals surface area contributed by atoms with Gasteiger partial charge < -0.3 is 13.6 Å². The van der Waals surface area contributed by atoms with E-state index < -0.39 is 17.8 Å². The van der Waals surface area contributed by atoms with Gasteiger partial charge in [0.2, 0.25) is 5.89 Å². The third kappa shape index (κ3) is 3.57. The van der Waals surface area contributed by atoms with Crippen LogP contribution in [0, 0.1) is 0 Å². The summed E-state index contributed by atoms with van der Waals surface area (Å²) in [6.45, 7) is 1.81. The second kappa shape index (κ2) is 7.51. The highest BCUT2D eigenvalue weighted by molar-refractivity contribution is 5.73. The van der Waals surface area contributed by atoms with Gasteiger partial charge in [-0.15, -0.1) is 10.2 Å². The Morgan fingerprint density at radius 3 is 2.64 bits per heavy atom. The van der Waals surface area contributed by atoms with Crippen LogP contribution in [0.15, 0.2) is 68.2 Å². The van der Waals surface area contributed by atoms with Gasteiger partial charge in [-0.05, 0) is 31.2 Å². The highest BCUT2D eigenvalue weighted by Gasteiger charge is 2.19. The van der Waals surface area contributed by atoms with Crippen molar-refractivity contribution in [2.24, 2.45) is 0 Å². The maximum absolute atomic E-state index is 12.2. The van der Waals surface area contributed by atoms with Crippen molar-refractivity contribution in [1.82, 2.24) is 14.8 Å². The molecule has 0 unspecified atom stereocenters. The number of benzene rings is 2. The van der Waals surface area contributed by atoms with Crippen LogP contribution in [0.4, 0.5) is 0 Å². The van der Waals surface area contributed by atoms with Crippen molar-refractivity contribution in [3.8, 4) is 11.5 Å². The molecule has 2 aromatic heterocycles. The number of aryl methyl sites for hydroxylation is 1. The Morgan fingerprint density at radius 1 is 1.07 bits per heavy atom. The Hall–Kier alpha value is -3.68. The molecule has 4 rings (SSSR count). The highest BCUT2D eigenvalue weighted by Crippen LogP contribution is 2.22. The molecule has 28 heavy (non-hydrogen) atoms. The van der Waals surface area contributed by atoms with Gasteiger partial charge in [-0.25, -0.2) is 4.79 Å². The van der Waals surface area contributed by atoms with Gasteiger partial charge in [0.05, 0.1) is 11.9 Å². The predicted octanol–water partition coefficient (Wildman–Crippen LogP) is 3.34. The Labute approximate surface area is 159 Å². The highest BCUT2D eigenvalue weighted by atomic mass is 16.6. The fourth-order valence-corrected chi connectivity index (χ4v) is 2.83. The molecule has 0 N–H and O–H groups in total. The molecule has 0 aliphatic carbocycles. The molecule has 0 aliphatic heterocycles. The van der Waals surface area contributed by atoms with E-state index >= 15 is 0 Å². The first-order chi connectivity index (χ1) is 13.6. The number of hydrogen-bond acceptors (Lipinski definition) is 7. The number of para-hydroxylation sites is 2. The van der Waals surface area contributed by atoms with E-state index in [1.54, 1.807) is 31.2 Å². The zero-order chi connectivity index (χ0) is 19.5. The lowest BCUT2D eigenvalue weighted by molar-refractivity contribution is -0.149. The summed E-state index contributed by atoms with van der Waals surface area (Å²) in [5.41, 5.74) is 1.90. The van der Waals surface area contributed by atoms with E-state index in [2.05, 4.69) is 10.2 Å². The minimum absolute atomic E-state index is 0.00739. The number of carbonyl (C=O) groups excluding carboxylic acids is 1. The largest absolute Gasteiger partial charge is 0.453 e. The van der Waals surface area contributed by atoms with Crippen LogP contribution < -0.4 is 5.76 Å². The van der Waals surface area contributed by atoms with Gasteiger partial charge in [0.25, 0.3) is 5.89 Å². The third-order valence-electron chi connectivity index (χ3n) is 4.23. The molecule has 0 fully saturated rings. The summed E-state index contributed by atoms with van der Waals surface area (Å²) in [6, 6.07) is 16.4. The zero-order valence-electron chi connectivity index (χ0n) is 15.1. The van der Waals surface area contributed by atoms with Gasteiger partial charge in [0.1, 0.15) is 0 Å². The van der Waals surface area contributed by atoms with E-state index in [9.17, 15) is 9.59 Å². The van der Waals surface area contributed by atoms with Crippen molar-refractivity contribution < 1.29 is 18.4 Å². The van der Waals surface area contributed by atoms with Crippen LogP contribution in [0.1, 0.15) is 25.3 Å². The van der Waals surface area contributed by atoms with E-state index in [0.717, 1.165) is 5.56 Å². The quantitative estimate of drug-likeness (QED) is 0.474. The smallest absolute Gasteiger partial charge is 0.419 e. The first-order valence-corrected chi connectivity index (χ1v) is 8.78. The Balaban J connectivity index is 1.39. The summed E-state index contributed by atoms with van der Waals surface area (Å²) in [7, 11) is 0. The molecule has 1 atom stereocenters. The standard InChI is InChI=1S/C20H17N3O5/c1-13(18-21-22-19(28-18)14-7-3-2-4-8-14)26-17(24)11-12-23-15-9-5-6-10-16(15)27-20(23)25/h2-10,13H,11-12H2,1H3/t13-/m1/s1. The van der Waals surface area contributed by atoms with Crippen LogP contribution in [0.5, 0.6) is 0 Å². The van der Waals surface area contributed by atoms with Crippen LogP contribution in [0.2, 0.25) is 0 Å². The summed E-state index contributed by atoms with van der Waals surface area (Å²) >= 11 is 0. The predicted molar refractivity (Wildman–Crippen MR) is 99.3 cm³/mol. The monoisotopic (exact) mass is 379 g/mol. The van der Waals surface area contributed by atoms with Gasteiger partial charge in [0, 0.05) is 12.1 Å². The lowest BCUT2D eigenvalue weighted by Crippen LogP contribution is -2.18. The van der Waals surface area contributed by atoms with Gasteiger partial charge >= 0.3 is 11.7 Å². The van der Waals surface area contributed by atoms with Gasteiger partial charge in [-0.2, -0.15) is 0 Å². The molecule has 4 aromatic rings. The van der Waals surface area contributed by atoms with E-state index in [4.69, 9.17) is 13.6 Å². The van der Waals surface area contributed by atoms with Crippen LogP contribution in [0.3, 0.4) is 0 Å². The molecule has 0 radical (unpaired) electrons. The molecule has 142 valence electrons. The van der Waals surface area contributed by atoms with E-state index in [1.165, 1.54) is 4.57 Å². The van der Waals surface area contributed by atoms with Crippen LogP contribution >= 0.6 is 0 Å². The van der Waals surface area contributed by atoms with E-state index in [1.807, 2.05) is 30.3 Å². The number of carbonyl (C=O) groups is 1. The molecule has 2 aromatic carbocycles. The molecule has 2 heterocycles. The summed E-state index contributed by atoms with van der Waals surface area (Å²) in [4.78, 5) is 24.1. The van der Waals surface area contributed by atoms with Gasteiger partial charge in [0.15, 0.2) is 11.7 Å². The van der Waals surface area contributed by atoms with Crippen molar-refractivity contribution in [3.63, 3.8) is 0 Å². The Kier molecular flexibility index (Phi) is 4.76. The fraction of sp³-hybridized carbons (Fsp3) is 0.200. The van der Waals surface area contributed by atoms with Crippen molar-refractivity contribution in [3.05, 3.63) is 71.0 Å².